The van der Waals surface area contributed by atoms with Crippen LogP contribution in [0, 0.1) is 10.1 Å². The maximum atomic E-state index is 10.3. The minimum atomic E-state index is -0.869. The number of aromatic nitrogens is 2. The molecule has 0 radical (unpaired) electrons. The van der Waals surface area contributed by atoms with Crippen molar-refractivity contribution in [2.24, 2.45) is 0 Å². The van der Waals surface area contributed by atoms with Crippen LogP contribution in [0.1, 0.15) is 12.8 Å². The molecule has 1 rings (SSSR count). The smallest absolute Gasteiger partial charge is 0.305 e. The van der Waals surface area contributed by atoms with Crippen LogP contribution in [-0.2, 0) is 4.79 Å². The molecule has 2 N–H and O–H groups in total. The Morgan fingerprint density at radius 2 is 2.12 bits per heavy atom. The summed E-state index contributed by atoms with van der Waals surface area (Å²) in [6.07, 6.45) is 2.68. The number of anilines is 1. The van der Waals surface area contributed by atoms with Crippen LogP contribution < -0.4 is 5.32 Å². The number of aliphatic carboxylic acids is 1. The Balaban J connectivity index is 2.38. The largest absolute Gasteiger partial charge is 0.481 e. The maximum absolute atomic E-state index is 10.3. The van der Waals surface area contributed by atoms with Gasteiger partial charge in [-0.15, -0.1) is 0 Å². The van der Waals surface area contributed by atoms with Crippen molar-refractivity contribution in [2.45, 2.75) is 12.8 Å². The van der Waals surface area contributed by atoms with E-state index in [1.165, 1.54) is 0 Å². The van der Waals surface area contributed by atoms with Crippen LogP contribution in [0.15, 0.2) is 12.4 Å². The van der Waals surface area contributed by atoms with Crippen molar-refractivity contribution in [3.63, 3.8) is 0 Å². The Kier molecular flexibility index (Phi) is 4.13. The molecule has 0 fully saturated rings. The van der Waals surface area contributed by atoms with Gasteiger partial charge in [-0.05, 0) is 6.42 Å². The van der Waals surface area contributed by atoms with Crippen molar-refractivity contribution < 1.29 is 14.8 Å². The van der Waals surface area contributed by atoms with Crippen LogP contribution in [0.5, 0.6) is 0 Å². The number of nitrogens with zero attached hydrogens (tertiary/aromatic N) is 3. The maximum Gasteiger partial charge on any atom is 0.305 e. The van der Waals surface area contributed by atoms with Crippen molar-refractivity contribution in [3.8, 4) is 0 Å². The second-order valence-electron chi connectivity index (χ2n) is 2.95. The minimum absolute atomic E-state index is 0.0555. The van der Waals surface area contributed by atoms with E-state index in [0.29, 0.717) is 13.0 Å². The highest BCUT2D eigenvalue weighted by Gasteiger charge is 2.06. The lowest BCUT2D eigenvalue weighted by molar-refractivity contribution is -0.385. The zero-order valence-electron chi connectivity index (χ0n) is 8.29. The standard InChI is InChI=1S/C8H10N4O4/c13-7(14)2-1-3-9-8-10-4-6(5-11-8)12(15)16/h4-5H,1-3H2,(H,13,14)(H,9,10,11). The molecule has 1 heterocycles. The van der Waals surface area contributed by atoms with Crippen molar-refractivity contribution in [3.05, 3.63) is 22.5 Å². The molecule has 16 heavy (non-hydrogen) atoms. The molecule has 0 amide bonds. The number of nitrogens with one attached hydrogen (secondary N) is 1. The summed E-state index contributed by atoms with van der Waals surface area (Å²) in [5.74, 6) is -0.623. The van der Waals surface area contributed by atoms with E-state index in [9.17, 15) is 14.9 Å². The molecule has 0 aliphatic heterocycles. The van der Waals surface area contributed by atoms with Crippen LogP contribution in [0.3, 0.4) is 0 Å². The van der Waals surface area contributed by atoms with Gasteiger partial charge in [-0.1, -0.05) is 0 Å². The molecule has 8 heteroatoms. The number of carbonyl (C=O) groups is 1. The second-order valence-corrected chi connectivity index (χ2v) is 2.95. The number of hydrogen-bond acceptors (Lipinski definition) is 6. The van der Waals surface area contributed by atoms with E-state index in [1.54, 1.807) is 0 Å². The lowest BCUT2D eigenvalue weighted by atomic mass is 10.3. The zero-order valence-corrected chi connectivity index (χ0v) is 8.29. The molecular formula is C8H10N4O4. The second kappa shape index (κ2) is 5.59. The van der Waals surface area contributed by atoms with Crippen LogP contribution in [0.2, 0.25) is 0 Å². The van der Waals surface area contributed by atoms with Crippen LogP contribution in [0.4, 0.5) is 11.6 Å². The summed E-state index contributed by atoms with van der Waals surface area (Å²) < 4.78 is 0. The van der Waals surface area contributed by atoms with Gasteiger partial charge in [0, 0.05) is 13.0 Å². The SMILES string of the molecule is O=C(O)CCCNc1ncc([N+](=O)[O-])cn1. The average Bonchev–Trinajstić information content (AvgIpc) is 2.25. The first-order valence-corrected chi connectivity index (χ1v) is 4.51. The van der Waals surface area contributed by atoms with Gasteiger partial charge in [0.15, 0.2) is 0 Å². The zero-order chi connectivity index (χ0) is 12.0. The third-order valence-electron chi connectivity index (χ3n) is 1.70. The molecule has 0 bridgehead atoms. The van der Waals surface area contributed by atoms with Gasteiger partial charge in [-0.2, -0.15) is 0 Å². The number of rotatable bonds is 6. The highest BCUT2D eigenvalue weighted by molar-refractivity contribution is 5.66. The highest BCUT2D eigenvalue weighted by atomic mass is 16.6. The first-order valence-electron chi connectivity index (χ1n) is 4.51. The fraction of sp³-hybridized carbons (Fsp3) is 0.375. The van der Waals surface area contributed by atoms with Gasteiger partial charge in [0.1, 0.15) is 12.4 Å². The number of nitro groups is 1. The summed E-state index contributed by atoms with van der Waals surface area (Å²) in [6, 6.07) is 0. The van der Waals surface area contributed by atoms with Crippen LogP contribution in [-0.4, -0.2) is 32.5 Å². The lowest BCUT2D eigenvalue weighted by Gasteiger charge is -2.01. The molecule has 0 aliphatic carbocycles. The monoisotopic (exact) mass is 226 g/mol. The van der Waals surface area contributed by atoms with Crippen LogP contribution >= 0.6 is 0 Å². The molecule has 8 nitrogen and oxygen atoms in total. The summed E-state index contributed by atoms with van der Waals surface area (Å²) in [6.45, 7) is 0.407. The van der Waals surface area contributed by atoms with Gasteiger partial charge in [-0.25, -0.2) is 9.97 Å². The van der Waals surface area contributed by atoms with Crippen molar-refractivity contribution in [2.75, 3.05) is 11.9 Å². The van der Waals surface area contributed by atoms with E-state index >= 15 is 0 Å². The topological polar surface area (TPSA) is 118 Å². The Bertz CT molecular complexity index is 378. The van der Waals surface area contributed by atoms with Crippen molar-refractivity contribution in [1.82, 2.24) is 9.97 Å². The van der Waals surface area contributed by atoms with E-state index in [1.807, 2.05) is 0 Å². The molecule has 0 saturated carbocycles. The third-order valence-corrected chi connectivity index (χ3v) is 1.70. The van der Waals surface area contributed by atoms with Gasteiger partial charge < -0.3 is 10.4 Å². The van der Waals surface area contributed by atoms with Crippen molar-refractivity contribution >= 4 is 17.6 Å². The number of carboxylic acids is 1. The Hall–Kier alpha value is -2.25. The summed E-state index contributed by atoms with van der Waals surface area (Å²) in [7, 11) is 0. The first kappa shape index (κ1) is 11.8. The fourth-order valence-electron chi connectivity index (χ4n) is 0.947. The Morgan fingerprint density at radius 3 is 2.62 bits per heavy atom. The minimum Gasteiger partial charge on any atom is -0.481 e. The molecule has 86 valence electrons. The van der Waals surface area contributed by atoms with Gasteiger partial charge >= 0.3 is 11.7 Å². The molecule has 0 aromatic carbocycles. The van der Waals surface area contributed by atoms with Gasteiger partial charge in [0.25, 0.3) is 0 Å². The van der Waals surface area contributed by atoms with E-state index in [4.69, 9.17) is 5.11 Å². The van der Waals surface area contributed by atoms with E-state index in [2.05, 4.69) is 15.3 Å². The molecule has 0 spiro atoms. The fourth-order valence-corrected chi connectivity index (χ4v) is 0.947. The molecule has 1 aromatic heterocycles. The lowest BCUT2D eigenvalue weighted by Crippen LogP contribution is -2.07. The molecule has 0 atom stereocenters. The molecule has 0 saturated heterocycles. The highest BCUT2D eigenvalue weighted by Crippen LogP contribution is 2.07. The van der Waals surface area contributed by atoms with Gasteiger partial charge in [0.2, 0.25) is 5.95 Å². The molecular weight excluding hydrogens is 216 g/mol. The van der Waals surface area contributed by atoms with E-state index < -0.39 is 10.9 Å². The normalized spacial score (nSPS) is 9.75. The van der Waals surface area contributed by atoms with E-state index in [-0.39, 0.29) is 18.1 Å². The van der Waals surface area contributed by atoms with Gasteiger partial charge in [-0.3, -0.25) is 14.9 Å². The first-order chi connectivity index (χ1) is 7.59. The van der Waals surface area contributed by atoms with Crippen molar-refractivity contribution in [1.29, 1.82) is 0 Å². The number of hydrogen-bond donors (Lipinski definition) is 2. The third kappa shape index (κ3) is 3.86. The molecule has 0 unspecified atom stereocenters. The summed E-state index contributed by atoms with van der Waals surface area (Å²) in [5, 5.41) is 21.4. The summed E-state index contributed by atoms with van der Waals surface area (Å²) >= 11 is 0. The molecule has 0 aliphatic rings. The molecule has 1 aromatic rings. The van der Waals surface area contributed by atoms with E-state index in [0.717, 1.165) is 12.4 Å². The van der Waals surface area contributed by atoms with Gasteiger partial charge in [0.05, 0.1) is 4.92 Å². The predicted octanol–water partition coefficient (Wildman–Crippen LogP) is 0.661. The average molecular weight is 226 g/mol. The Morgan fingerprint density at radius 1 is 1.50 bits per heavy atom. The quantitative estimate of drug-likeness (QED) is 0.415. The summed E-state index contributed by atoms with van der Waals surface area (Å²) in [4.78, 5) is 27.3. The summed E-state index contributed by atoms with van der Waals surface area (Å²) in [5.41, 5.74) is -0.184. The van der Waals surface area contributed by atoms with Crippen LogP contribution in [0.25, 0.3) is 0 Å². The number of carboxylic acid groups (broad SMARTS) is 1. The Labute approximate surface area is 90.5 Å². The predicted molar refractivity (Wildman–Crippen MR) is 54.0 cm³/mol.